The molecule has 1 atom stereocenters. The number of fused-ring (bicyclic) bond motifs is 1. The summed E-state index contributed by atoms with van der Waals surface area (Å²) < 4.78 is 26.3. The SMILES string of the molecule is CS(=O)CCn1c(CCCl)nc2cc(F)ccc21. The number of aromatic nitrogens is 2. The number of imidazole rings is 1. The summed E-state index contributed by atoms with van der Waals surface area (Å²) in [4.78, 5) is 4.38. The number of hydrogen-bond acceptors (Lipinski definition) is 2. The maximum absolute atomic E-state index is 13.2. The molecule has 2 rings (SSSR count). The fourth-order valence-electron chi connectivity index (χ4n) is 1.90. The first-order valence-electron chi connectivity index (χ1n) is 5.62. The van der Waals surface area contributed by atoms with Crippen molar-refractivity contribution in [1.82, 2.24) is 9.55 Å². The molecule has 0 aliphatic heterocycles. The van der Waals surface area contributed by atoms with Crippen molar-refractivity contribution in [1.29, 1.82) is 0 Å². The second kappa shape index (κ2) is 5.80. The second-order valence-electron chi connectivity index (χ2n) is 4.03. The summed E-state index contributed by atoms with van der Waals surface area (Å²) in [5.41, 5.74) is 1.49. The predicted octanol–water partition coefficient (Wildman–Crippen LogP) is 2.34. The van der Waals surface area contributed by atoms with Crippen LogP contribution in [0, 0.1) is 5.82 Å². The molecule has 1 unspecified atom stereocenters. The Morgan fingerprint density at radius 3 is 2.94 bits per heavy atom. The van der Waals surface area contributed by atoms with E-state index in [1.54, 1.807) is 12.3 Å². The van der Waals surface area contributed by atoms with E-state index in [4.69, 9.17) is 11.6 Å². The van der Waals surface area contributed by atoms with Crippen molar-refractivity contribution in [2.75, 3.05) is 17.9 Å². The number of rotatable bonds is 5. The Balaban J connectivity index is 2.44. The van der Waals surface area contributed by atoms with E-state index in [1.165, 1.54) is 12.1 Å². The number of hydrogen-bond donors (Lipinski definition) is 0. The molecule has 98 valence electrons. The maximum atomic E-state index is 13.2. The maximum Gasteiger partial charge on any atom is 0.125 e. The third kappa shape index (κ3) is 2.90. The van der Waals surface area contributed by atoms with Crippen molar-refractivity contribution >= 4 is 33.4 Å². The first-order chi connectivity index (χ1) is 8.61. The van der Waals surface area contributed by atoms with Crippen LogP contribution in [0.1, 0.15) is 5.82 Å². The van der Waals surface area contributed by atoms with Crippen LogP contribution < -0.4 is 0 Å². The largest absolute Gasteiger partial charge is 0.327 e. The average molecular weight is 289 g/mol. The van der Waals surface area contributed by atoms with Gasteiger partial charge in [-0.2, -0.15) is 0 Å². The van der Waals surface area contributed by atoms with Gasteiger partial charge in [0.15, 0.2) is 0 Å². The van der Waals surface area contributed by atoms with Crippen LogP contribution in [0.4, 0.5) is 4.39 Å². The standard InChI is InChI=1S/C12H14ClFN2OS/c1-18(17)7-6-16-11-3-2-9(14)8-10(11)15-12(16)4-5-13/h2-3,8H,4-7H2,1H3. The van der Waals surface area contributed by atoms with Crippen LogP contribution in [0.3, 0.4) is 0 Å². The first-order valence-corrected chi connectivity index (χ1v) is 7.88. The molecular formula is C12H14ClFN2OS. The van der Waals surface area contributed by atoms with E-state index in [9.17, 15) is 8.60 Å². The van der Waals surface area contributed by atoms with Crippen LogP contribution in [0.2, 0.25) is 0 Å². The summed E-state index contributed by atoms with van der Waals surface area (Å²) >= 11 is 5.74. The molecule has 2 aromatic rings. The van der Waals surface area contributed by atoms with Gasteiger partial charge in [-0.15, -0.1) is 11.6 Å². The molecule has 0 saturated heterocycles. The third-order valence-corrected chi connectivity index (χ3v) is 3.66. The van der Waals surface area contributed by atoms with Gasteiger partial charge in [-0.3, -0.25) is 4.21 Å². The van der Waals surface area contributed by atoms with Crippen molar-refractivity contribution in [3.05, 3.63) is 29.8 Å². The highest BCUT2D eigenvalue weighted by Gasteiger charge is 2.11. The van der Waals surface area contributed by atoms with E-state index in [0.29, 0.717) is 30.1 Å². The van der Waals surface area contributed by atoms with Crippen molar-refractivity contribution in [3.8, 4) is 0 Å². The molecule has 0 radical (unpaired) electrons. The molecule has 6 heteroatoms. The summed E-state index contributed by atoms with van der Waals surface area (Å²) in [6, 6.07) is 4.52. The normalized spacial score (nSPS) is 13.1. The Kier molecular flexibility index (Phi) is 4.35. The Hall–Kier alpha value is -0.940. The fourth-order valence-corrected chi connectivity index (χ4v) is 2.51. The molecule has 0 amide bonds. The molecule has 0 saturated carbocycles. The van der Waals surface area contributed by atoms with Gasteiger partial charge in [-0.25, -0.2) is 9.37 Å². The molecule has 3 nitrogen and oxygen atoms in total. The molecule has 0 aliphatic carbocycles. The van der Waals surface area contributed by atoms with Gasteiger partial charge in [0, 0.05) is 47.7 Å². The van der Waals surface area contributed by atoms with Crippen molar-refractivity contribution in [3.63, 3.8) is 0 Å². The Bertz CT molecular complexity index is 585. The van der Waals surface area contributed by atoms with Crippen LogP contribution in [0.5, 0.6) is 0 Å². The minimum absolute atomic E-state index is 0.302. The Morgan fingerprint density at radius 1 is 1.50 bits per heavy atom. The summed E-state index contributed by atoms with van der Waals surface area (Å²) in [6.07, 6.45) is 2.29. The molecule has 1 aromatic heterocycles. The van der Waals surface area contributed by atoms with E-state index in [2.05, 4.69) is 4.98 Å². The lowest BCUT2D eigenvalue weighted by atomic mass is 10.3. The highest BCUT2D eigenvalue weighted by molar-refractivity contribution is 7.84. The first kappa shape index (κ1) is 13.5. The van der Waals surface area contributed by atoms with Crippen LogP contribution in [-0.2, 0) is 23.8 Å². The highest BCUT2D eigenvalue weighted by Crippen LogP contribution is 2.18. The summed E-state index contributed by atoms with van der Waals surface area (Å²) in [5, 5.41) is 0. The molecule has 1 aromatic carbocycles. The van der Waals surface area contributed by atoms with Gasteiger partial charge in [0.2, 0.25) is 0 Å². The average Bonchev–Trinajstić information content (AvgIpc) is 2.63. The van der Waals surface area contributed by atoms with Crippen molar-refractivity contribution in [2.24, 2.45) is 0 Å². The van der Waals surface area contributed by atoms with Crippen LogP contribution in [0.25, 0.3) is 11.0 Å². The summed E-state index contributed by atoms with van der Waals surface area (Å²) in [5.74, 6) is 1.53. The second-order valence-corrected chi connectivity index (χ2v) is 5.96. The minimum atomic E-state index is -0.865. The number of alkyl halides is 1. The molecule has 1 heterocycles. The Labute approximate surface area is 112 Å². The minimum Gasteiger partial charge on any atom is -0.327 e. The number of halogens is 2. The number of benzene rings is 1. The van der Waals surface area contributed by atoms with E-state index in [1.807, 2.05) is 4.57 Å². The molecule has 0 fully saturated rings. The molecule has 0 spiro atoms. The van der Waals surface area contributed by atoms with Crippen molar-refractivity contribution in [2.45, 2.75) is 13.0 Å². The zero-order chi connectivity index (χ0) is 13.1. The lowest BCUT2D eigenvalue weighted by Gasteiger charge is -2.07. The van der Waals surface area contributed by atoms with Gasteiger partial charge >= 0.3 is 0 Å². The Morgan fingerprint density at radius 2 is 2.28 bits per heavy atom. The summed E-state index contributed by atoms with van der Waals surface area (Å²) in [6.45, 7) is 0.609. The third-order valence-electron chi connectivity index (χ3n) is 2.71. The predicted molar refractivity (Wildman–Crippen MR) is 73.0 cm³/mol. The van der Waals surface area contributed by atoms with Gasteiger partial charge in [0.05, 0.1) is 11.0 Å². The lowest BCUT2D eigenvalue weighted by Crippen LogP contribution is -2.10. The van der Waals surface area contributed by atoms with Crippen LogP contribution >= 0.6 is 11.6 Å². The fraction of sp³-hybridized carbons (Fsp3) is 0.417. The van der Waals surface area contributed by atoms with E-state index in [-0.39, 0.29) is 5.82 Å². The van der Waals surface area contributed by atoms with Gasteiger partial charge in [-0.05, 0) is 12.1 Å². The monoisotopic (exact) mass is 288 g/mol. The van der Waals surface area contributed by atoms with Crippen molar-refractivity contribution < 1.29 is 8.60 Å². The van der Waals surface area contributed by atoms with Gasteiger partial charge in [0.1, 0.15) is 11.6 Å². The molecule has 0 aliphatic rings. The molecule has 0 bridgehead atoms. The van der Waals surface area contributed by atoms with E-state index >= 15 is 0 Å². The molecular weight excluding hydrogens is 275 g/mol. The van der Waals surface area contributed by atoms with Gasteiger partial charge in [0.25, 0.3) is 0 Å². The topological polar surface area (TPSA) is 34.9 Å². The number of nitrogens with zero attached hydrogens (tertiary/aromatic N) is 2. The van der Waals surface area contributed by atoms with E-state index in [0.717, 1.165) is 11.3 Å². The van der Waals surface area contributed by atoms with E-state index < -0.39 is 10.8 Å². The quantitative estimate of drug-likeness (QED) is 0.792. The smallest absolute Gasteiger partial charge is 0.125 e. The van der Waals surface area contributed by atoms with Gasteiger partial charge < -0.3 is 4.57 Å². The highest BCUT2D eigenvalue weighted by atomic mass is 35.5. The zero-order valence-corrected chi connectivity index (χ0v) is 11.6. The van der Waals surface area contributed by atoms with Gasteiger partial charge in [-0.1, -0.05) is 0 Å². The molecule has 0 N–H and O–H groups in total. The van der Waals surface area contributed by atoms with Crippen LogP contribution in [-0.4, -0.2) is 31.6 Å². The lowest BCUT2D eigenvalue weighted by molar-refractivity contribution is 0.629. The zero-order valence-electron chi connectivity index (χ0n) is 10.0. The van der Waals surface area contributed by atoms with Crippen LogP contribution in [0.15, 0.2) is 18.2 Å². The number of aryl methyl sites for hydroxylation is 2. The summed E-state index contributed by atoms with van der Waals surface area (Å²) in [7, 11) is -0.865. The molecule has 18 heavy (non-hydrogen) atoms.